The normalized spacial score (nSPS) is 19.8. The van der Waals surface area contributed by atoms with Crippen LogP contribution in [0.25, 0.3) is 0 Å². The van der Waals surface area contributed by atoms with E-state index in [1.807, 2.05) is 33.9 Å². The van der Waals surface area contributed by atoms with Crippen LogP contribution in [0.2, 0.25) is 0 Å². The summed E-state index contributed by atoms with van der Waals surface area (Å²) in [6, 6.07) is 1.25. The van der Waals surface area contributed by atoms with Gasteiger partial charge in [-0.3, -0.25) is 4.68 Å². The van der Waals surface area contributed by atoms with Gasteiger partial charge in [-0.1, -0.05) is 0 Å². The second kappa shape index (κ2) is 5.89. The van der Waals surface area contributed by atoms with Crippen molar-refractivity contribution in [1.29, 1.82) is 0 Å². The standard InChI is InChI=1S/C15H26N4O3/c1-14(2,3)22-13(20)19-9-6-15(21,7-10-19)12(16)11-5-8-18(4)17-11/h5,8,12,21H,6-7,9-10,16H2,1-4H3. The molecule has 0 spiro atoms. The van der Waals surface area contributed by atoms with Crippen molar-refractivity contribution in [3.63, 3.8) is 0 Å². The van der Waals surface area contributed by atoms with Gasteiger partial charge in [-0.05, 0) is 39.7 Å². The number of ether oxygens (including phenoxy) is 1. The number of nitrogens with zero attached hydrogens (tertiary/aromatic N) is 3. The van der Waals surface area contributed by atoms with Crippen molar-refractivity contribution in [2.24, 2.45) is 12.8 Å². The fraction of sp³-hybridized carbons (Fsp3) is 0.733. The number of piperidine rings is 1. The van der Waals surface area contributed by atoms with Crippen molar-refractivity contribution in [1.82, 2.24) is 14.7 Å². The van der Waals surface area contributed by atoms with E-state index in [9.17, 15) is 9.90 Å². The number of nitrogens with two attached hydrogens (primary N) is 1. The quantitative estimate of drug-likeness (QED) is 0.855. The molecule has 1 saturated heterocycles. The number of aromatic nitrogens is 2. The summed E-state index contributed by atoms with van der Waals surface area (Å²) in [6.45, 7) is 6.35. The van der Waals surface area contributed by atoms with Crippen LogP contribution in [0, 0.1) is 0 Å². The second-order valence-corrected chi connectivity index (χ2v) is 6.96. The summed E-state index contributed by atoms with van der Waals surface area (Å²) in [7, 11) is 1.81. The molecule has 1 aliphatic rings. The van der Waals surface area contributed by atoms with Crippen molar-refractivity contribution in [2.45, 2.75) is 50.9 Å². The van der Waals surface area contributed by atoms with E-state index < -0.39 is 17.2 Å². The third kappa shape index (κ3) is 3.78. The highest BCUT2D eigenvalue weighted by atomic mass is 16.6. The van der Waals surface area contributed by atoms with Gasteiger partial charge in [0.1, 0.15) is 5.60 Å². The van der Waals surface area contributed by atoms with Gasteiger partial charge in [0.15, 0.2) is 0 Å². The van der Waals surface area contributed by atoms with Crippen molar-refractivity contribution >= 4 is 6.09 Å². The lowest BCUT2D eigenvalue weighted by Gasteiger charge is -2.41. The predicted octanol–water partition coefficient (Wildman–Crippen LogP) is 1.18. The van der Waals surface area contributed by atoms with Gasteiger partial charge in [0.25, 0.3) is 0 Å². The molecule has 3 N–H and O–H groups in total. The first-order chi connectivity index (χ1) is 10.1. The molecule has 124 valence electrons. The van der Waals surface area contributed by atoms with Gasteiger partial charge < -0.3 is 20.5 Å². The lowest BCUT2D eigenvalue weighted by molar-refractivity contribution is -0.0484. The Balaban J connectivity index is 1.97. The Labute approximate surface area is 131 Å². The summed E-state index contributed by atoms with van der Waals surface area (Å²) in [4.78, 5) is 13.7. The highest BCUT2D eigenvalue weighted by molar-refractivity contribution is 5.68. The lowest BCUT2D eigenvalue weighted by atomic mass is 9.83. The molecule has 22 heavy (non-hydrogen) atoms. The van der Waals surface area contributed by atoms with E-state index in [4.69, 9.17) is 10.5 Å². The Morgan fingerprint density at radius 1 is 1.45 bits per heavy atom. The van der Waals surface area contributed by atoms with Gasteiger partial charge in [-0.2, -0.15) is 5.10 Å². The minimum atomic E-state index is -1.05. The van der Waals surface area contributed by atoms with E-state index in [2.05, 4.69) is 5.10 Å². The number of aryl methyl sites for hydroxylation is 1. The molecule has 1 aromatic rings. The molecule has 1 atom stereocenters. The molecule has 0 saturated carbocycles. The van der Waals surface area contributed by atoms with Crippen molar-refractivity contribution in [3.8, 4) is 0 Å². The predicted molar refractivity (Wildman–Crippen MR) is 82.1 cm³/mol. The zero-order chi connectivity index (χ0) is 16.5. The second-order valence-electron chi connectivity index (χ2n) is 6.96. The van der Waals surface area contributed by atoms with Crippen LogP contribution in [0.4, 0.5) is 4.79 Å². The van der Waals surface area contributed by atoms with Crippen LogP contribution in [-0.4, -0.2) is 50.2 Å². The molecule has 7 nitrogen and oxygen atoms in total. The van der Waals surface area contributed by atoms with Gasteiger partial charge in [-0.15, -0.1) is 0 Å². The maximum absolute atomic E-state index is 12.0. The van der Waals surface area contributed by atoms with Gasteiger partial charge >= 0.3 is 6.09 Å². The zero-order valence-corrected chi connectivity index (χ0v) is 13.7. The first-order valence-corrected chi connectivity index (χ1v) is 7.56. The minimum absolute atomic E-state index is 0.346. The SMILES string of the molecule is Cn1ccc(C(N)C2(O)CCN(C(=O)OC(C)(C)C)CC2)n1. The molecule has 1 unspecified atom stereocenters. The van der Waals surface area contributed by atoms with Gasteiger partial charge in [0, 0.05) is 26.3 Å². The van der Waals surface area contributed by atoms with Crippen LogP contribution >= 0.6 is 0 Å². The Bertz CT molecular complexity index is 527. The van der Waals surface area contributed by atoms with Gasteiger partial charge in [0.05, 0.1) is 17.3 Å². The van der Waals surface area contributed by atoms with E-state index in [-0.39, 0.29) is 6.09 Å². The molecule has 2 rings (SSSR count). The van der Waals surface area contributed by atoms with Crippen LogP contribution in [0.3, 0.4) is 0 Å². The summed E-state index contributed by atoms with van der Waals surface area (Å²) < 4.78 is 7.01. The van der Waals surface area contributed by atoms with Crippen LogP contribution in [-0.2, 0) is 11.8 Å². The molecule has 0 aliphatic carbocycles. The van der Waals surface area contributed by atoms with Crippen molar-refractivity contribution in [3.05, 3.63) is 18.0 Å². The summed E-state index contributed by atoms with van der Waals surface area (Å²) >= 11 is 0. The number of amides is 1. The molecule has 1 aromatic heterocycles. The van der Waals surface area contributed by atoms with Crippen molar-refractivity contribution in [2.75, 3.05) is 13.1 Å². The molecular weight excluding hydrogens is 284 g/mol. The molecule has 1 amide bonds. The topological polar surface area (TPSA) is 93.6 Å². The third-order valence-electron chi connectivity index (χ3n) is 3.91. The van der Waals surface area contributed by atoms with Crippen LogP contribution in [0.15, 0.2) is 12.3 Å². The van der Waals surface area contributed by atoms with E-state index in [0.717, 1.165) is 0 Å². The molecule has 0 aromatic carbocycles. The molecule has 0 bridgehead atoms. The number of rotatable bonds is 2. The van der Waals surface area contributed by atoms with E-state index >= 15 is 0 Å². The number of carbonyl (C=O) groups is 1. The Morgan fingerprint density at radius 3 is 2.50 bits per heavy atom. The highest BCUT2D eigenvalue weighted by Gasteiger charge is 2.41. The number of aliphatic hydroxyl groups is 1. The van der Waals surface area contributed by atoms with Gasteiger partial charge in [-0.25, -0.2) is 4.79 Å². The van der Waals surface area contributed by atoms with Gasteiger partial charge in [0.2, 0.25) is 0 Å². The maximum atomic E-state index is 12.0. The molecule has 2 heterocycles. The fourth-order valence-electron chi connectivity index (χ4n) is 2.59. The molecular formula is C15H26N4O3. The lowest BCUT2D eigenvalue weighted by Crippen LogP contribution is -2.52. The van der Waals surface area contributed by atoms with E-state index in [0.29, 0.717) is 31.6 Å². The summed E-state index contributed by atoms with van der Waals surface area (Å²) in [5.41, 5.74) is 5.28. The number of likely N-dealkylation sites (tertiary alicyclic amines) is 1. The average molecular weight is 310 g/mol. The molecule has 0 radical (unpaired) electrons. The smallest absolute Gasteiger partial charge is 0.410 e. The molecule has 1 fully saturated rings. The average Bonchev–Trinajstić information content (AvgIpc) is 2.83. The monoisotopic (exact) mass is 310 g/mol. The Kier molecular flexibility index (Phi) is 4.49. The minimum Gasteiger partial charge on any atom is -0.444 e. The number of carbonyl (C=O) groups excluding carboxylic acids is 1. The highest BCUT2D eigenvalue weighted by Crippen LogP contribution is 2.33. The molecule has 7 heteroatoms. The van der Waals surface area contributed by atoms with Crippen LogP contribution in [0.5, 0.6) is 0 Å². The fourth-order valence-corrected chi connectivity index (χ4v) is 2.59. The zero-order valence-electron chi connectivity index (χ0n) is 13.7. The van der Waals surface area contributed by atoms with Crippen molar-refractivity contribution < 1.29 is 14.6 Å². The van der Waals surface area contributed by atoms with Crippen LogP contribution < -0.4 is 5.73 Å². The summed E-state index contributed by atoms with van der Waals surface area (Å²) in [6.07, 6.45) is 2.27. The molecule has 1 aliphatic heterocycles. The largest absolute Gasteiger partial charge is 0.444 e. The summed E-state index contributed by atoms with van der Waals surface area (Å²) in [5.74, 6) is 0. The number of hydrogen-bond donors (Lipinski definition) is 2. The summed E-state index contributed by atoms with van der Waals surface area (Å²) in [5, 5.41) is 15.0. The Morgan fingerprint density at radius 2 is 2.05 bits per heavy atom. The first kappa shape index (κ1) is 16.8. The number of hydrogen-bond acceptors (Lipinski definition) is 5. The van der Waals surface area contributed by atoms with Crippen LogP contribution in [0.1, 0.15) is 45.3 Å². The first-order valence-electron chi connectivity index (χ1n) is 7.56. The Hall–Kier alpha value is -1.60. The third-order valence-corrected chi connectivity index (χ3v) is 3.91. The van der Waals surface area contributed by atoms with E-state index in [1.165, 1.54) is 0 Å². The maximum Gasteiger partial charge on any atom is 0.410 e. The van der Waals surface area contributed by atoms with E-state index in [1.54, 1.807) is 15.8 Å².